The van der Waals surface area contributed by atoms with Crippen LogP contribution in [0, 0.1) is 0 Å². The zero-order valence-electron chi connectivity index (χ0n) is 12.6. The first-order chi connectivity index (χ1) is 9.63. The van der Waals surface area contributed by atoms with Gasteiger partial charge in [0.2, 0.25) is 5.88 Å². The SMILES string of the molecule is CC(C)c1ccc([C@@H]2CCOC2)c(OC2CN(C)C2)n1. The number of rotatable bonds is 4. The van der Waals surface area contributed by atoms with Gasteiger partial charge in [-0.1, -0.05) is 19.9 Å². The number of hydrogen-bond acceptors (Lipinski definition) is 4. The van der Waals surface area contributed by atoms with E-state index >= 15 is 0 Å². The molecule has 2 fully saturated rings. The summed E-state index contributed by atoms with van der Waals surface area (Å²) in [5.41, 5.74) is 2.33. The van der Waals surface area contributed by atoms with Crippen LogP contribution in [0.25, 0.3) is 0 Å². The molecule has 1 aromatic heterocycles. The van der Waals surface area contributed by atoms with Gasteiger partial charge in [-0.2, -0.15) is 0 Å². The Morgan fingerprint density at radius 2 is 2.15 bits per heavy atom. The number of hydrogen-bond donors (Lipinski definition) is 0. The fourth-order valence-electron chi connectivity index (χ4n) is 2.85. The second kappa shape index (κ2) is 5.70. The van der Waals surface area contributed by atoms with Crippen molar-refractivity contribution < 1.29 is 9.47 Å². The van der Waals surface area contributed by atoms with Crippen LogP contribution in [-0.2, 0) is 4.74 Å². The molecule has 4 heteroatoms. The van der Waals surface area contributed by atoms with Crippen LogP contribution < -0.4 is 4.74 Å². The zero-order chi connectivity index (χ0) is 14.1. The first-order valence-corrected chi connectivity index (χ1v) is 7.57. The smallest absolute Gasteiger partial charge is 0.217 e. The van der Waals surface area contributed by atoms with Crippen LogP contribution in [0.4, 0.5) is 0 Å². The molecule has 2 saturated heterocycles. The van der Waals surface area contributed by atoms with Crippen LogP contribution in [0.2, 0.25) is 0 Å². The van der Waals surface area contributed by atoms with Crippen LogP contribution in [0.1, 0.15) is 43.4 Å². The molecule has 4 nitrogen and oxygen atoms in total. The Bertz CT molecular complexity index is 464. The number of nitrogens with zero attached hydrogens (tertiary/aromatic N) is 2. The second-order valence-electron chi connectivity index (χ2n) is 6.31. The number of aromatic nitrogens is 1. The molecule has 0 N–H and O–H groups in total. The lowest BCUT2D eigenvalue weighted by Crippen LogP contribution is -2.51. The molecule has 0 amide bonds. The predicted octanol–water partition coefficient (Wildman–Crippen LogP) is 2.40. The summed E-state index contributed by atoms with van der Waals surface area (Å²) >= 11 is 0. The Hall–Kier alpha value is -1.13. The third-order valence-corrected chi connectivity index (χ3v) is 4.18. The molecule has 0 saturated carbocycles. The van der Waals surface area contributed by atoms with E-state index in [2.05, 4.69) is 37.9 Å². The summed E-state index contributed by atoms with van der Waals surface area (Å²) in [6.07, 6.45) is 1.36. The Morgan fingerprint density at radius 1 is 1.35 bits per heavy atom. The molecule has 3 heterocycles. The molecule has 1 aromatic rings. The molecule has 110 valence electrons. The summed E-state index contributed by atoms with van der Waals surface area (Å²) in [6, 6.07) is 4.33. The van der Waals surface area contributed by atoms with Crippen molar-refractivity contribution in [2.75, 3.05) is 33.4 Å². The van der Waals surface area contributed by atoms with Crippen molar-refractivity contribution in [2.45, 2.75) is 38.2 Å². The molecular formula is C16H24N2O2. The molecular weight excluding hydrogens is 252 g/mol. The lowest BCUT2D eigenvalue weighted by Gasteiger charge is -2.36. The van der Waals surface area contributed by atoms with Crippen molar-refractivity contribution in [1.82, 2.24) is 9.88 Å². The maximum Gasteiger partial charge on any atom is 0.217 e. The summed E-state index contributed by atoms with van der Waals surface area (Å²) in [5, 5.41) is 0. The highest BCUT2D eigenvalue weighted by atomic mass is 16.5. The van der Waals surface area contributed by atoms with E-state index in [0.29, 0.717) is 11.8 Å². The Kier molecular flexibility index (Phi) is 3.94. The van der Waals surface area contributed by atoms with Crippen LogP contribution in [-0.4, -0.2) is 49.3 Å². The van der Waals surface area contributed by atoms with Crippen molar-refractivity contribution in [2.24, 2.45) is 0 Å². The van der Waals surface area contributed by atoms with Crippen LogP contribution in [0.3, 0.4) is 0 Å². The molecule has 0 unspecified atom stereocenters. The van der Waals surface area contributed by atoms with Crippen molar-refractivity contribution in [1.29, 1.82) is 0 Å². The van der Waals surface area contributed by atoms with Gasteiger partial charge in [0.15, 0.2) is 0 Å². The highest BCUT2D eigenvalue weighted by Crippen LogP contribution is 2.33. The Labute approximate surface area is 121 Å². The molecule has 0 aliphatic carbocycles. The molecule has 3 rings (SSSR count). The lowest BCUT2D eigenvalue weighted by atomic mass is 9.98. The van der Waals surface area contributed by atoms with Crippen LogP contribution in [0.15, 0.2) is 12.1 Å². The normalized spacial score (nSPS) is 24.1. The standard InChI is InChI=1S/C16H24N2O2/c1-11(2)15-5-4-14(12-6-7-19-10-12)16(17-15)20-13-8-18(3)9-13/h4-5,11-13H,6-10H2,1-3H3/t12-/m1/s1. The average molecular weight is 276 g/mol. The minimum absolute atomic E-state index is 0.288. The number of ether oxygens (including phenoxy) is 2. The van der Waals surface area contributed by atoms with Gasteiger partial charge in [0, 0.05) is 36.9 Å². The first kappa shape index (κ1) is 13.8. The van der Waals surface area contributed by atoms with E-state index < -0.39 is 0 Å². The molecule has 1 atom stereocenters. The van der Waals surface area contributed by atoms with Crippen molar-refractivity contribution in [3.05, 3.63) is 23.4 Å². The monoisotopic (exact) mass is 276 g/mol. The molecule has 0 radical (unpaired) electrons. The summed E-state index contributed by atoms with van der Waals surface area (Å²) in [7, 11) is 2.11. The third-order valence-electron chi connectivity index (χ3n) is 4.18. The quantitative estimate of drug-likeness (QED) is 0.846. The van der Waals surface area contributed by atoms with Gasteiger partial charge in [-0.05, 0) is 25.5 Å². The molecule has 0 aromatic carbocycles. The Balaban J connectivity index is 1.83. The minimum atomic E-state index is 0.288. The highest BCUT2D eigenvalue weighted by molar-refractivity contribution is 5.33. The van der Waals surface area contributed by atoms with Gasteiger partial charge < -0.3 is 9.47 Å². The first-order valence-electron chi connectivity index (χ1n) is 7.57. The van der Waals surface area contributed by atoms with Gasteiger partial charge in [0.1, 0.15) is 6.10 Å². The number of pyridine rings is 1. The summed E-state index contributed by atoms with van der Waals surface area (Å²) in [6.45, 7) is 7.97. The van der Waals surface area contributed by atoms with Gasteiger partial charge in [0.25, 0.3) is 0 Å². The third kappa shape index (κ3) is 2.81. The van der Waals surface area contributed by atoms with Crippen LogP contribution >= 0.6 is 0 Å². The van der Waals surface area contributed by atoms with Gasteiger partial charge in [-0.15, -0.1) is 0 Å². The van der Waals surface area contributed by atoms with Gasteiger partial charge in [0.05, 0.1) is 6.61 Å². The zero-order valence-corrected chi connectivity index (χ0v) is 12.6. The average Bonchev–Trinajstić information content (AvgIpc) is 2.90. The lowest BCUT2D eigenvalue weighted by molar-refractivity contribution is 0.0343. The fourth-order valence-corrected chi connectivity index (χ4v) is 2.85. The maximum atomic E-state index is 6.15. The summed E-state index contributed by atoms with van der Waals surface area (Å²) in [4.78, 5) is 7.03. The Morgan fingerprint density at radius 3 is 2.75 bits per heavy atom. The van der Waals surface area contributed by atoms with E-state index in [9.17, 15) is 0 Å². The van der Waals surface area contributed by atoms with Crippen molar-refractivity contribution in [3.8, 4) is 5.88 Å². The van der Waals surface area contributed by atoms with E-state index in [1.54, 1.807) is 0 Å². The fraction of sp³-hybridized carbons (Fsp3) is 0.688. The number of likely N-dealkylation sites (tertiary alicyclic amines) is 1. The maximum absolute atomic E-state index is 6.15. The number of likely N-dealkylation sites (N-methyl/N-ethyl adjacent to an activating group) is 1. The van der Waals surface area contributed by atoms with E-state index in [1.165, 1.54) is 5.56 Å². The topological polar surface area (TPSA) is 34.6 Å². The van der Waals surface area contributed by atoms with Crippen molar-refractivity contribution in [3.63, 3.8) is 0 Å². The molecule has 2 aliphatic heterocycles. The van der Waals surface area contributed by atoms with Gasteiger partial charge in [-0.3, -0.25) is 4.90 Å². The second-order valence-corrected chi connectivity index (χ2v) is 6.31. The summed E-state index contributed by atoms with van der Waals surface area (Å²) < 4.78 is 11.7. The van der Waals surface area contributed by atoms with E-state index in [-0.39, 0.29) is 6.10 Å². The van der Waals surface area contributed by atoms with E-state index in [1.807, 2.05) is 0 Å². The van der Waals surface area contributed by atoms with E-state index in [4.69, 9.17) is 14.5 Å². The van der Waals surface area contributed by atoms with Gasteiger partial charge in [-0.25, -0.2) is 4.98 Å². The van der Waals surface area contributed by atoms with Gasteiger partial charge >= 0.3 is 0 Å². The minimum Gasteiger partial charge on any atom is -0.471 e. The van der Waals surface area contributed by atoms with E-state index in [0.717, 1.165) is 44.3 Å². The largest absolute Gasteiger partial charge is 0.471 e. The van der Waals surface area contributed by atoms with Crippen LogP contribution in [0.5, 0.6) is 5.88 Å². The summed E-state index contributed by atoms with van der Waals surface area (Å²) in [5.74, 6) is 1.71. The highest BCUT2D eigenvalue weighted by Gasteiger charge is 2.29. The molecule has 0 bridgehead atoms. The van der Waals surface area contributed by atoms with Crippen molar-refractivity contribution >= 4 is 0 Å². The molecule has 2 aliphatic rings. The predicted molar refractivity (Wildman–Crippen MR) is 78.4 cm³/mol. The molecule has 0 spiro atoms. The molecule has 20 heavy (non-hydrogen) atoms.